The van der Waals surface area contributed by atoms with Crippen molar-refractivity contribution in [2.45, 2.75) is 23.9 Å². The van der Waals surface area contributed by atoms with Gasteiger partial charge in [0.05, 0.1) is 48.2 Å². The Morgan fingerprint density at radius 2 is 0.565 bits per heavy atom. The summed E-state index contributed by atoms with van der Waals surface area (Å²) in [6, 6.07) is 81.7. The number of para-hydroxylation sites is 4. The lowest BCUT2D eigenvalue weighted by Crippen LogP contribution is -2.50. The first-order chi connectivity index (χ1) is 30.8. The fourth-order valence-corrected chi connectivity index (χ4v) is 11.9. The van der Waals surface area contributed by atoms with E-state index in [2.05, 4.69) is 238 Å². The summed E-state index contributed by atoms with van der Waals surface area (Å²) in [5, 5.41) is 0. The van der Waals surface area contributed by atoms with E-state index in [9.17, 15) is 0 Å². The molecule has 5 aliphatic rings. The quantitative estimate of drug-likeness (QED) is 0.137. The van der Waals surface area contributed by atoms with Crippen molar-refractivity contribution in [3.8, 4) is 0 Å². The van der Waals surface area contributed by atoms with Crippen LogP contribution in [0.2, 0.25) is 0 Å². The molecule has 0 fully saturated rings. The summed E-state index contributed by atoms with van der Waals surface area (Å²) in [6.07, 6.45) is 0. The Hall–Kier alpha value is -7.04. The number of fused-ring (bicyclic) bond motifs is 3. The average molecular weight is 803 g/mol. The van der Waals surface area contributed by atoms with Gasteiger partial charge in [-0.15, -0.1) is 0 Å². The van der Waals surface area contributed by atoms with E-state index < -0.39 is 0 Å². The summed E-state index contributed by atoms with van der Waals surface area (Å²) >= 11 is 0. The van der Waals surface area contributed by atoms with Gasteiger partial charge in [-0.3, -0.25) is 0 Å². The van der Waals surface area contributed by atoms with Gasteiger partial charge < -0.3 is 19.6 Å². The third kappa shape index (κ3) is 6.11. The van der Waals surface area contributed by atoms with Crippen LogP contribution < -0.4 is 19.6 Å². The number of nitrogens with zero attached hydrogens (tertiary/aromatic N) is 4. The minimum atomic E-state index is 0.0952. The lowest BCUT2D eigenvalue weighted by Gasteiger charge is -2.52. The zero-order valence-electron chi connectivity index (χ0n) is 34.9. The van der Waals surface area contributed by atoms with Crippen molar-refractivity contribution in [2.24, 2.45) is 11.8 Å². The molecule has 8 aromatic rings. The molecule has 4 nitrogen and oxygen atoms in total. The van der Waals surface area contributed by atoms with Crippen molar-refractivity contribution in [3.05, 3.63) is 263 Å². The van der Waals surface area contributed by atoms with E-state index in [1.165, 1.54) is 67.3 Å². The summed E-state index contributed by atoms with van der Waals surface area (Å²) in [5.74, 6) is 1.36. The first-order valence-electron chi connectivity index (χ1n) is 22.4. The largest absolute Gasteiger partial charge is 0.352 e. The molecule has 0 radical (unpaired) electrons. The molecule has 0 N–H and O–H groups in total. The number of benzene rings is 8. The second-order valence-corrected chi connectivity index (χ2v) is 17.6. The Bertz CT molecular complexity index is 2510. The van der Waals surface area contributed by atoms with Crippen molar-refractivity contribution < 1.29 is 0 Å². The van der Waals surface area contributed by atoms with Gasteiger partial charge in [0.15, 0.2) is 0 Å². The highest BCUT2D eigenvalue weighted by molar-refractivity contribution is 5.79. The number of hydrogen-bond donors (Lipinski definition) is 0. The third-order valence-corrected chi connectivity index (χ3v) is 14.4. The fourth-order valence-electron chi connectivity index (χ4n) is 11.9. The summed E-state index contributed by atoms with van der Waals surface area (Å²) in [7, 11) is 0. The molecule has 2 heterocycles. The van der Waals surface area contributed by atoms with Crippen molar-refractivity contribution in [1.29, 1.82) is 0 Å². The van der Waals surface area contributed by atoms with Crippen molar-refractivity contribution in [1.82, 2.24) is 0 Å². The van der Waals surface area contributed by atoms with E-state index in [-0.39, 0.29) is 12.1 Å². The van der Waals surface area contributed by atoms with Gasteiger partial charge >= 0.3 is 0 Å². The van der Waals surface area contributed by atoms with Crippen LogP contribution in [0.15, 0.2) is 218 Å². The number of rotatable bonds is 10. The Labute approximate surface area is 365 Å². The highest BCUT2D eigenvalue weighted by atomic mass is 15.4. The Kier molecular flexibility index (Phi) is 9.17. The molecule has 0 spiro atoms. The van der Waals surface area contributed by atoms with Gasteiger partial charge in [0, 0.05) is 24.9 Å². The third-order valence-electron chi connectivity index (χ3n) is 14.4. The lowest BCUT2D eigenvalue weighted by molar-refractivity contribution is 0.235. The van der Waals surface area contributed by atoms with Crippen LogP contribution in [0.3, 0.4) is 0 Å². The summed E-state index contributed by atoms with van der Waals surface area (Å²) in [4.78, 5) is 10.8. The van der Waals surface area contributed by atoms with E-state index in [0.717, 1.165) is 26.4 Å². The predicted octanol–water partition coefficient (Wildman–Crippen LogP) is 12.7. The zero-order chi connectivity index (χ0) is 41.0. The molecule has 0 unspecified atom stereocenters. The predicted molar refractivity (Wildman–Crippen MR) is 255 cm³/mol. The Morgan fingerprint density at radius 3 is 0.871 bits per heavy atom. The second-order valence-electron chi connectivity index (χ2n) is 17.6. The molecule has 302 valence electrons. The van der Waals surface area contributed by atoms with Crippen LogP contribution in [0.25, 0.3) is 0 Å². The highest BCUT2D eigenvalue weighted by Crippen LogP contribution is 2.60. The van der Waals surface area contributed by atoms with Gasteiger partial charge in [0.25, 0.3) is 0 Å². The van der Waals surface area contributed by atoms with Crippen LogP contribution in [-0.4, -0.2) is 26.4 Å². The van der Waals surface area contributed by atoms with Crippen molar-refractivity contribution in [3.63, 3.8) is 0 Å². The first kappa shape index (κ1) is 36.8. The molecule has 0 aromatic heterocycles. The van der Waals surface area contributed by atoms with Crippen LogP contribution in [-0.2, 0) is 0 Å². The van der Waals surface area contributed by atoms with Crippen molar-refractivity contribution >= 4 is 22.7 Å². The monoisotopic (exact) mass is 802 g/mol. The van der Waals surface area contributed by atoms with Gasteiger partial charge in [-0.05, 0) is 80.6 Å². The molecule has 8 aromatic carbocycles. The minimum Gasteiger partial charge on any atom is -0.352 e. The molecule has 2 bridgehead atoms. The molecule has 3 aliphatic carbocycles. The van der Waals surface area contributed by atoms with Crippen molar-refractivity contribution in [2.75, 3.05) is 46.0 Å². The SMILES string of the molecule is c1ccc(C(c2ccccc2)N2CN(C[C@H]3C4c5ccccc5C(c5ccccc54)[C@@H]3CN3CN(C(c4ccccc4)c4ccccc4)c4ccccc43)c3ccccc32)cc1. The fraction of sp³-hybridized carbons (Fsp3) is 0.172. The molecule has 0 saturated carbocycles. The van der Waals surface area contributed by atoms with Crippen LogP contribution in [0, 0.1) is 11.8 Å². The van der Waals surface area contributed by atoms with Gasteiger partial charge in [-0.2, -0.15) is 0 Å². The van der Waals surface area contributed by atoms with Gasteiger partial charge in [-0.1, -0.05) is 194 Å². The van der Waals surface area contributed by atoms with Gasteiger partial charge in [-0.25, -0.2) is 0 Å². The molecule has 2 atom stereocenters. The maximum absolute atomic E-state index is 2.73. The molecular weight excluding hydrogens is 753 g/mol. The minimum absolute atomic E-state index is 0.0952. The van der Waals surface area contributed by atoms with Crippen LogP contribution in [0.1, 0.15) is 68.4 Å². The normalized spacial score (nSPS) is 19.5. The van der Waals surface area contributed by atoms with Crippen LogP contribution >= 0.6 is 0 Å². The maximum atomic E-state index is 2.73. The van der Waals surface area contributed by atoms with E-state index in [1.54, 1.807) is 0 Å². The van der Waals surface area contributed by atoms with E-state index in [1.807, 2.05) is 0 Å². The first-order valence-corrected chi connectivity index (χ1v) is 22.4. The zero-order valence-corrected chi connectivity index (χ0v) is 34.9. The standard InChI is InChI=1S/C58H50N4/c1-5-21-41(22-6-1)57(42-23-7-2-8-24-42)61-39-59(51-33-17-19-35-53(51)61)37-49-50(56-47-31-15-13-29-45(47)55(49)46-30-14-16-32-48(46)56)38-60-40-62(54-36-20-18-34-52(54)60)58(43-25-9-3-10-26-43)44-27-11-4-12-28-44/h1-36,49-50,55-58H,37-40H2/t49-,50-,55?,56?/m1/s1. The van der Waals surface area contributed by atoms with Gasteiger partial charge in [0.1, 0.15) is 0 Å². The second kappa shape index (κ2) is 15.5. The number of anilines is 4. The molecule has 0 amide bonds. The van der Waals surface area contributed by atoms with E-state index >= 15 is 0 Å². The summed E-state index contributed by atoms with van der Waals surface area (Å²) in [6.45, 7) is 3.59. The van der Waals surface area contributed by atoms with Crippen LogP contribution in [0.5, 0.6) is 0 Å². The molecule has 2 aliphatic heterocycles. The lowest BCUT2D eigenvalue weighted by atomic mass is 9.54. The molecule has 62 heavy (non-hydrogen) atoms. The average Bonchev–Trinajstić information content (AvgIpc) is 3.88. The Morgan fingerprint density at radius 1 is 0.306 bits per heavy atom. The smallest absolute Gasteiger partial charge is 0.0913 e. The maximum Gasteiger partial charge on any atom is 0.0913 e. The summed E-state index contributed by atoms with van der Waals surface area (Å²) in [5.41, 5.74) is 16.6. The molecular formula is C58H50N4. The number of hydrogen-bond acceptors (Lipinski definition) is 4. The van der Waals surface area contributed by atoms with E-state index in [0.29, 0.717) is 23.7 Å². The van der Waals surface area contributed by atoms with Crippen LogP contribution in [0.4, 0.5) is 22.7 Å². The topological polar surface area (TPSA) is 13.0 Å². The Balaban J connectivity index is 0.952. The highest BCUT2D eigenvalue weighted by Gasteiger charge is 2.51. The van der Waals surface area contributed by atoms with Gasteiger partial charge in [0.2, 0.25) is 0 Å². The summed E-state index contributed by atoms with van der Waals surface area (Å²) < 4.78 is 0. The molecule has 13 rings (SSSR count). The molecule has 4 heteroatoms. The van der Waals surface area contributed by atoms with E-state index in [4.69, 9.17) is 0 Å². The molecule has 0 saturated heterocycles.